The molecule has 0 bridgehead atoms. The molecular weight excluding hydrogens is 271 g/mol. The molecule has 0 aliphatic carbocycles. The molecule has 20 heavy (non-hydrogen) atoms. The van der Waals surface area contributed by atoms with Crippen LogP contribution in [0.1, 0.15) is 18.4 Å². The summed E-state index contributed by atoms with van der Waals surface area (Å²) in [5, 5.41) is 3.06. The second-order valence-electron chi connectivity index (χ2n) is 4.99. The van der Waals surface area contributed by atoms with E-state index in [1.807, 2.05) is 7.05 Å². The van der Waals surface area contributed by atoms with Crippen LogP contribution in [-0.2, 0) is 6.18 Å². The fraction of sp³-hybridized carbons (Fsp3) is 0.583. The molecule has 112 valence electrons. The van der Waals surface area contributed by atoms with Gasteiger partial charge >= 0.3 is 6.18 Å². The molecule has 0 aromatic carbocycles. The van der Waals surface area contributed by atoms with Gasteiger partial charge in [-0.2, -0.15) is 13.2 Å². The van der Waals surface area contributed by atoms with Gasteiger partial charge in [0.05, 0.1) is 5.56 Å². The summed E-state index contributed by atoms with van der Waals surface area (Å²) in [5.74, 6) is 5.36. The minimum Gasteiger partial charge on any atom is -0.367 e. The number of halogens is 3. The van der Waals surface area contributed by atoms with Crippen LogP contribution in [-0.4, -0.2) is 36.1 Å². The number of piperidine rings is 1. The highest BCUT2D eigenvalue weighted by molar-refractivity contribution is 5.49. The van der Waals surface area contributed by atoms with Gasteiger partial charge in [-0.15, -0.1) is 0 Å². The first-order chi connectivity index (χ1) is 9.38. The molecule has 1 aromatic heterocycles. The molecule has 1 saturated heterocycles. The lowest BCUT2D eigenvalue weighted by Crippen LogP contribution is -2.37. The Balaban J connectivity index is 2.14. The lowest BCUT2D eigenvalue weighted by atomic mass is 10.1. The zero-order valence-corrected chi connectivity index (χ0v) is 11.2. The van der Waals surface area contributed by atoms with E-state index < -0.39 is 11.7 Å². The van der Waals surface area contributed by atoms with E-state index in [0.717, 1.165) is 38.1 Å². The lowest BCUT2D eigenvalue weighted by Gasteiger charge is -2.30. The molecule has 8 heteroatoms. The molecule has 0 unspecified atom stereocenters. The number of likely N-dealkylation sites (tertiary alicyclic amines) is 1. The van der Waals surface area contributed by atoms with Gasteiger partial charge in [-0.1, -0.05) is 0 Å². The number of alkyl halides is 3. The molecular formula is C12H18F3N5. The van der Waals surface area contributed by atoms with Crippen molar-refractivity contribution in [2.75, 3.05) is 30.9 Å². The largest absolute Gasteiger partial charge is 0.416 e. The number of nitrogens with two attached hydrogens (primary N) is 1. The number of rotatable bonds is 3. The maximum Gasteiger partial charge on any atom is 0.416 e. The first kappa shape index (κ1) is 14.9. The van der Waals surface area contributed by atoms with Gasteiger partial charge in [0.2, 0.25) is 0 Å². The molecule has 1 aliphatic heterocycles. The Morgan fingerprint density at radius 3 is 2.40 bits per heavy atom. The van der Waals surface area contributed by atoms with E-state index in [2.05, 4.69) is 20.6 Å². The number of hydrogen-bond donors (Lipinski definition) is 3. The summed E-state index contributed by atoms with van der Waals surface area (Å²) < 4.78 is 38.3. The average molecular weight is 289 g/mol. The third kappa shape index (κ3) is 3.73. The number of aromatic nitrogens is 1. The number of nitrogens with zero attached hydrogens (tertiary/aromatic N) is 2. The normalized spacial score (nSPS) is 18.1. The number of anilines is 2. The van der Waals surface area contributed by atoms with Crippen LogP contribution >= 0.6 is 0 Å². The van der Waals surface area contributed by atoms with Gasteiger partial charge in [0.1, 0.15) is 11.6 Å². The summed E-state index contributed by atoms with van der Waals surface area (Å²) in [5.41, 5.74) is 1.40. The van der Waals surface area contributed by atoms with Gasteiger partial charge in [0, 0.05) is 6.04 Å². The molecule has 2 heterocycles. The van der Waals surface area contributed by atoms with Crippen LogP contribution in [0.4, 0.5) is 24.8 Å². The molecule has 1 aliphatic rings. The molecule has 1 fully saturated rings. The molecule has 0 atom stereocenters. The van der Waals surface area contributed by atoms with Gasteiger partial charge in [-0.05, 0) is 45.1 Å². The van der Waals surface area contributed by atoms with Gasteiger partial charge in [0.15, 0.2) is 0 Å². The third-order valence-corrected chi connectivity index (χ3v) is 3.37. The third-order valence-electron chi connectivity index (χ3n) is 3.37. The van der Waals surface area contributed by atoms with Crippen molar-refractivity contribution in [2.45, 2.75) is 25.1 Å². The molecule has 2 rings (SSSR count). The van der Waals surface area contributed by atoms with Crippen LogP contribution in [0.15, 0.2) is 12.1 Å². The Kier molecular flexibility index (Phi) is 4.34. The second kappa shape index (κ2) is 5.84. The van der Waals surface area contributed by atoms with E-state index in [4.69, 9.17) is 5.84 Å². The van der Waals surface area contributed by atoms with Gasteiger partial charge in [0.25, 0.3) is 0 Å². The summed E-state index contributed by atoms with van der Waals surface area (Å²) in [4.78, 5) is 6.20. The first-order valence-electron chi connectivity index (χ1n) is 6.39. The van der Waals surface area contributed by atoms with E-state index in [0.29, 0.717) is 0 Å². The van der Waals surface area contributed by atoms with Crippen LogP contribution in [0.3, 0.4) is 0 Å². The van der Waals surface area contributed by atoms with E-state index in [1.54, 1.807) is 0 Å². The first-order valence-corrected chi connectivity index (χ1v) is 6.39. The summed E-state index contributed by atoms with van der Waals surface area (Å²) in [7, 11) is 2.02. The zero-order valence-electron chi connectivity index (χ0n) is 11.2. The maximum atomic E-state index is 12.8. The summed E-state index contributed by atoms with van der Waals surface area (Å²) in [6.45, 7) is 1.83. The van der Waals surface area contributed by atoms with Crippen LogP contribution < -0.4 is 16.6 Å². The Bertz CT molecular complexity index is 455. The van der Waals surface area contributed by atoms with Crippen LogP contribution in [0.2, 0.25) is 0 Å². The number of pyridine rings is 1. The number of hydrazine groups is 1. The number of nitrogens with one attached hydrogen (secondary N) is 2. The smallest absolute Gasteiger partial charge is 0.367 e. The van der Waals surface area contributed by atoms with Crippen molar-refractivity contribution < 1.29 is 13.2 Å². The monoisotopic (exact) mass is 289 g/mol. The fourth-order valence-corrected chi connectivity index (χ4v) is 2.20. The van der Waals surface area contributed by atoms with Crippen molar-refractivity contribution in [3.05, 3.63) is 17.7 Å². The minimum absolute atomic E-state index is 0.00440. The quantitative estimate of drug-likeness (QED) is 0.586. The molecule has 1 aromatic rings. The minimum atomic E-state index is -4.42. The van der Waals surface area contributed by atoms with Crippen molar-refractivity contribution in [3.8, 4) is 0 Å². The van der Waals surface area contributed by atoms with Crippen molar-refractivity contribution in [1.82, 2.24) is 9.88 Å². The predicted molar refractivity (Wildman–Crippen MR) is 71.2 cm³/mol. The maximum absolute atomic E-state index is 12.8. The molecule has 0 amide bonds. The van der Waals surface area contributed by atoms with Gasteiger partial charge in [-0.3, -0.25) is 0 Å². The van der Waals surface area contributed by atoms with Gasteiger partial charge < -0.3 is 15.6 Å². The zero-order chi connectivity index (χ0) is 14.8. The SMILES string of the molecule is CN1CCC(Nc2cc(C(F)(F)F)cc(NN)n2)CC1. The summed E-state index contributed by atoms with van der Waals surface area (Å²) >= 11 is 0. The fourth-order valence-electron chi connectivity index (χ4n) is 2.20. The van der Waals surface area contributed by atoms with Crippen LogP contribution in [0.25, 0.3) is 0 Å². The highest BCUT2D eigenvalue weighted by Gasteiger charge is 2.32. The van der Waals surface area contributed by atoms with E-state index in [1.165, 1.54) is 0 Å². The van der Waals surface area contributed by atoms with E-state index in [9.17, 15) is 13.2 Å². The molecule has 0 radical (unpaired) electrons. The molecule has 5 nitrogen and oxygen atoms in total. The topological polar surface area (TPSA) is 66.2 Å². The van der Waals surface area contributed by atoms with Crippen molar-refractivity contribution in [1.29, 1.82) is 0 Å². The van der Waals surface area contributed by atoms with Crippen molar-refractivity contribution >= 4 is 11.6 Å². The Hall–Kier alpha value is -1.54. The summed E-state index contributed by atoms with van der Waals surface area (Å²) in [6.07, 6.45) is -2.67. The Morgan fingerprint density at radius 2 is 1.85 bits per heavy atom. The standard InChI is InChI=1S/C12H18F3N5/c1-20-4-2-9(3-5-20)17-10-6-8(12(13,14)15)7-11(18-10)19-16/h6-7,9H,2-5,16H2,1H3,(H2,17,18,19). The lowest BCUT2D eigenvalue weighted by molar-refractivity contribution is -0.137. The second-order valence-corrected chi connectivity index (χ2v) is 4.99. The number of hydrogen-bond acceptors (Lipinski definition) is 5. The van der Waals surface area contributed by atoms with Gasteiger partial charge in [-0.25, -0.2) is 10.8 Å². The van der Waals surface area contributed by atoms with E-state index >= 15 is 0 Å². The van der Waals surface area contributed by atoms with Crippen LogP contribution in [0, 0.1) is 0 Å². The Morgan fingerprint density at radius 1 is 1.25 bits per heavy atom. The summed E-state index contributed by atoms with van der Waals surface area (Å²) in [6, 6.07) is 2.03. The van der Waals surface area contributed by atoms with Crippen molar-refractivity contribution in [3.63, 3.8) is 0 Å². The molecule has 0 saturated carbocycles. The number of nitrogen functional groups attached to an aromatic ring is 1. The van der Waals surface area contributed by atoms with Crippen LogP contribution in [0.5, 0.6) is 0 Å². The Labute approximate surface area is 115 Å². The molecule has 0 spiro atoms. The van der Waals surface area contributed by atoms with E-state index in [-0.39, 0.29) is 17.7 Å². The highest BCUT2D eigenvalue weighted by Crippen LogP contribution is 2.32. The molecule has 4 N–H and O–H groups in total. The van der Waals surface area contributed by atoms with Crippen molar-refractivity contribution in [2.24, 2.45) is 5.84 Å². The predicted octanol–water partition coefficient (Wildman–Crippen LogP) is 1.89. The average Bonchev–Trinajstić information content (AvgIpc) is 2.40. The highest BCUT2D eigenvalue weighted by atomic mass is 19.4.